The summed E-state index contributed by atoms with van der Waals surface area (Å²) in [6.45, 7) is 10.4. The molecule has 20 heavy (non-hydrogen) atoms. The van der Waals surface area contributed by atoms with E-state index in [4.69, 9.17) is 4.74 Å². The number of nitrogens with zero attached hydrogens (tertiary/aromatic N) is 1. The van der Waals surface area contributed by atoms with Crippen molar-refractivity contribution < 1.29 is 9.53 Å². The van der Waals surface area contributed by atoms with E-state index in [1.807, 2.05) is 38.6 Å². The van der Waals surface area contributed by atoms with Gasteiger partial charge in [0.05, 0.1) is 11.2 Å². The van der Waals surface area contributed by atoms with Crippen molar-refractivity contribution in [1.29, 1.82) is 0 Å². The van der Waals surface area contributed by atoms with Crippen LogP contribution >= 0.6 is 11.3 Å². The monoisotopic (exact) mass is 299 g/mol. The van der Waals surface area contributed by atoms with Crippen molar-refractivity contribution in [2.45, 2.75) is 58.7 Å². The third-order valence-electron chi connectivity index (χ3n) is 2.78. The summed E-state index contributed by atoms with van der Waals surface area (Å²) in [5.74, 6) is 0. The highest BCUT2D eigenvalue weighted by Gasteiger charge is 2.19. The minimum Gasteiger partial charge on any atom is -0.444 e. The zero-order valence-electron chi connectivity index (χ0n) is 12.9. The number of hydrogen-bond acceptors (Lipinski definition) is 5. The van der Waals surface area contributed by atoms with Gasteiger partial charge in [0.15, 0.2) is 0 Å². The molecule has 0 aliphatic heterocycles. The van der Waals surface area contributed by atoms with Gasteiger partial charge in [0, 0.05) is 24.0 Å². The molecule has 1 aromatic rings. The van der Waals surface area contributed by atoms with Crippen LogP contribution in [-0.4, -0.2) is 29.3 Å². The Balaban J connectivity index is 2.38. The fourth-order valence-electron chi connectivity index (χ4n) is 1.63. The highest BCUT2D eigenvalue weighted by molar-refractivity contribution is 7.07. The number of aromatic nitrogens is 1. The number of nitrogens with one attached hydrogen (secondary N) is 2. The Bertz CT molecular complexity index is 401. The second-order valence-electron chi connectivity index (χ2n) is 5.79. The molecule has 0 fully saturated rings. The molecule has 0 radical (unpaired) electrons. The fourth-order valence-corrected chi connectivity index (χ4v) is 2.28. The molecule has 1 aromatic heterocycles. The predicted molar refractivity (Wildman–Crippen MR) is 82.0 cm³/mol. The summed E-state index contributed by atoms with van der Waals surface area (Å²) in [5.41, 5.74) is 2.38. The molecule has 114 valence electrons. The number of thiazole rings is 1. The zero-order valence-corrected chi connectivity index (χ0v) is 13.7. The van der Waals surface area contributed by atoms with Gasteiger partial charge < -0.3 is 15.4 Å². The lowest BCUT2D eigenvalue weighted by Crippen LogP contribution is -2.44. The Morgan fingerprint density at radius 3 is 2.70 bits per heavy atom. The molecule has 0 aromatic carbocycles. The van der Waals surface area contributed by atoms with E-state index in [1.165, 1.54) is 0 Å². The van der Waals surface area contributed by atoms with Gasteiger partial charge in [-0.15, -0.1) is 11.3 Å². The van der Waals surface area contributed by atoms with Gasteiger partial charge >= 0.3 is 6.09 Å². The summed E-state index contributed by atoms with van der Waals surface area (Å²) in [6, 6.07) is 0.224. The van der Waals surface area contributed by atoms with E-state index in [9.17, 15) is 4.79 Å². The van der Waals surface area contributed by atoms with Crippen molar-refractivity contribution in [3.8, 4) is 0 Å². The van der Waals surface area contributed by atoms with Crippen LogP contribution in [0.3, 0.4) is 0 Å². The fraction of sp³-hybridized carbons (Fsp3) is 0.714. The number of amides is 1. The molecule has 1 heterocycles. The van der Waals surface area contributed by atoms with E-state index in [-0.39, 0.29) is 18.2 Å². The van der Waals surface area contributed by atoms with Crippen LogP contribution in [0, 0.1) is 0 Å². The van der Waals surface area contributed by atoms with E-state index in [0.29, 0.717) is 6.54 Å². The molecular formula is C14H25N3O2S. The van der Waals surface area contributed by atoms with E-state index in [1.54, 1.807) is 11.3 Å². The van der Waals surface area contributed by atoms with Crippen molar-refractivity contribution in [2.24, 2.45) is 0 Å². The quantitative estimate of drug-likeness (QED) is 0.847. The Hall–Kier alpha value is -1.14. The molecule has 2 N–H and O–H groups in total. The lowest BCUT2D eigenvalue weighted by molar-refractivity contribution is 0.0502. The second kappa shape index (κ2) is 7.59. The van der Waals surface area contributed by atoms with Gasteiger partial charge in [-0.25, -0.2) is 9.78 Å². The number of carbonyl (C=O) groups excluding carboxylic acids is 1. The maximum absolute atomic E-state index is 11.7. The molecule has 2 atom stereocenters. The van der Waals surface area contributed by atoms with E-state index in [2.05, 4.69) is 22.5 Å². The summed E-state index contributed by atoms with van der Waals surface area (Å²) < 4.78 is 5.26. The molecular weight excluding hydrogens is 274 g/mol. The van der Waals surface area contributed by atoms with Gasteiger partial charge in [-0.1, -0.05) is 6.92 Å². The number of hydrogen-bond donors (Lipinski definition) is 2. The van der Waals surface area contributed by atoms with Crippen LogP contribution in [0.2, 0.25) is 0 Å². The van der Waals surface area contributed by atoms with Crippen LogP contribution in [0.25, 0.3) is 0 Å². The minimum atomic E-state index is -0.469. The molecule has 2 unspecified atom stereocenters. The van der Waals surface area contributed by atoms with Crippen LogP contribution in [0.4, 0.5) is 4.79 Å². The number of ether oxygens (including phenoxy) is 1. The normalized spacial score (nSPS) is 14.7. The molecule has 0 aliphatic rings. The highest BCUT2D eigenvalue weighted by atomic mass is 32.1. The number of rotatable bonds is 6. The first-order chi connectivity index (χ1) is 9.31. The summed E-state index contributed by atoms with van der Waals surface area (Å²) >= 11 is 1.58. The minimum absolute atomic E-state index is 0.0472. The van der Waals surface area contributed by atoms with Crippen molar-refractivity contribution in [2.75, 3.05) is 6.54 Å². The Kier molecular flexibility index (Phi) is 6.42. The molecule has 0 saturated heterocycles. The van der Waals surface area contributed by atoms with Crippen LogP contribution in [0.5, 0.6) is 0 Å². The molecule has 1 amide bonds. The third kappa shape index (κ3) is 6.34. The standard InChI is InChI=1S/C14H25N3O2S/c1-6-11(17-13(18)19-14(3,4)5)7-15-10(2)12-8-20-9-16-12/h8-11,15H,6-7H2,1-5H3,(H,17,18). The lowest BCUT2D eigenvalue weighted by Gasteiger charge is -2.24. The Labute approximate surface area is 125 Å². The van der Waals surface area contributed by atoms with Crippen LogP contribution in [0.1, 0.15) is 52.8 Å². The summed E-state index contributed by atoms with van der Waals surface area (Å²) in [6.07, 6.45) is 0.475. The first kappa shape index (κ1) is 16.9. The summed E-state index contributed by atoms with van der Waals surface area (Å²) in [4.78, 5) is 16.0. The molecule has 1 rings (SSSR count). The second-order valence-corrected chi connectivity index (χ2v) is 6.51. The molecule has 0 saturated carbocycles. The van der Waals surface area contributed by atoms with E-state index < -0.39 is 5.60 Å². The zero-order chi connectivity index (χ0) is 15.2. The maximum atomic E-state index is 11.7. The average Bonchev–Trinajstić information content (AvgIpc) is 2.85. The van der Waals surface area contributed by atoms with Gasteiger partial charge in [0.2, 0.25) is 0 Å². The Morgan fingerprint density at radius 1 is 1.50 bits per heavy atom. The van der Waals surface area contributed by atoms with Crippen molar-refractivity contribution in [3.63, 3.8) is 0 Å². The molecule has 0 bridgehead atoms. The molecule has 5 nitrogen and oxygen atoms in total. The molecule has 0 spiro atoms. The van der Waals surface area contributed by atoms with Gasteiger partial charge in [0.1, 0.15) is 5.60 Å². The summed E-state index contributed by atoms with van der Waals surface area (Å²) in [5, 5.41) is 8.29. The van der Waals surface area contributed by atoms with Crippen LogP contribution < -0.4 is 10.6 Å². The maximum Gasteiger partial charge on any atom is 0.407 e. The topological polar surface area (TPSA) is 63.2 Å². The number of carbonyl (C=O) groups is 1. The van der Waals surface area contributed by atoms with Gasteiger partial charge in [-0.3, -0.25) is 0 Å². The van der Waals surface area contributed by atoms with Gasteiger partial charge in [-0.2, -0.15) is 0 Å². The van der Waals surface area contributed by atoms with Crippen molar-refractivity contribution in [3.05, 3.63) is 16.6 Å². The van der Waals surface area contributed by atoms with Gasteiger partial charge in [-0.05, 0) is 34.1 Å². The van der Waals surface area contributed by atoms with Crippen LogP contribution in [0.15, 0.2) is 10.9 Å². The van der Waals surface area contributed by atoms with Crippen molar-refractivity contribution >= 4 is 17.4 Å². The van der Waals surface area contributed by atoms with E-state index in [0.717, 1.165) is 12.1 Å². The highest BCUT2D eigenvalue weighted by Crippen LogP contribution is 2.12. The Morgan fingerprint density at radius 2 is 2.20 bits per heavy atom. The van der Waals surface area contributed by atoms with Crippen LogP contribution in [-0.2, 0) is 4.74 Å². The van der Waals surface area contributed by atoms with Crippen molar-refractivity contribution in [1.82, 2.24) is 15.6 Å². The van der Waals surface area contributed by atoms with E-state index >= 15 is 0 Å². The van der Waals surface area contributed by atoms with Gasteiger partial charge in [0.25, 0.3) is 0 Å². The summed E-state index contributed by atoms with van der Waals surface area (Å²) in [7, 11) is 0. The molecule has 0 aliphatic carbocycles. The SMILES string of the molecule is CCC(CNC(C)c1cscn1)NC(=O)OC(C)(C)C. The first-order valence-electron chi connectivity index (χ1n) is 6.92. The third-order valence-corrected chi connectivity index (χ3v) is 3.38. The largest absolute Gasteiger partial charge is 0.444 e. The average molecular weight is 299 g/mol. The smallest absolute Gasteiger partial charge is 0.407 e. The number of alkyl carbamates (subject to hydrolysis) is 1. The predicted octanol–water partition coefficient (Wildman–Crippen LogP) is 3.10. The lowest BCUT2D eigenvalue weighted by atomic mass is 10.2. The molecule has 6 heteroatoms. The first-order valence-corrected chi connectivity index (χ1v) is 7.87.